The normalized spacial score (nSPS) is 11.5. The zero-order valence-corrected chi connectivity index (χ0v) is 12.4. The average Bonchev–Trinajstić information content (AvgIpc) is 2.92. The van der Waals surface area contributed by atoms with Crippen molar-refractivity contribution in [1.82, 2.24) is 19.6 Å². The minimum atomic E-state index is -4.25. The molecule has 0 unspecified atom stereocenters. The first-order chi connectivity index (χ1) is 9.33. The quantitative estimate of drug-likeness (QED) is 0.918. The van der Waals surface area contributed by atoms with E-state index in [0.717, 1.165) is 10.4 Å². The van der Waals surface area contributed by atoms with Gasteiger partial charge in [0, 0.05) is 30.5 Å². The highest BCUT2D eigenvalue weighted by Gasteiger charge is 2.28. The van der Waals surface area contributed by atoms with E-state index >= 15 is 0 Å². The van der Waals surface area contributed by atoms with Crippen molar-refractivity contribution >= 4 is 18.1 Å². The molecule has 2 rings (SSSR count). The largest absolute Gasteiger partial charge is 0.408 e. The molecule has 0 radical (unpaired) electrons. The molecule has 0 amide bonds. The maximum atomic E-state index is 12.2. The van der Waals surface area contributed by atoms with Crippen molar-refractivity contribution < 1.29 is 13.2 Å². The molecule has 0 saturated carbocycles. The van der Waals surface area contributed by atoms with E-state index in [0.29, 0.717) is 12.1 Å². The van der Waals surface area contributed by atoms with E-state index < -0.39 is 12.7 Å². The Kier molecular flexibility index (Phi) is 5.65. The van der Waals surface area contributed by atoms with Gasteiger partial charge in [-0.25, -0.2) is 0 Å². The molecule has 0 aliphatic heterocycles. The van der Waals surface area contributed by atoms with E-state index in [1.54, 1.807) is 10.9 Å². The number of hydrogen-bond donors (Lipinski definition) is 1. The highest BCUT2D eigenvalue weighted by atomic mass is 35.5. The maximum absolute atomic E-state index is 12.2. The van der Waals surface area contributed by atoms with Gasteiger partial charge in [-0.05, 0) is 13.8 Å². The molecule has 1 N–H and O–H groups in total. The molecule has 21 heavy (non-hydrogen) atoms. The fraction of sp³-hybridized carbons (Fsp3) is 0.500. The fourth-order valence-electron chi connectivity index (χ4n) is 1.68. The van der Waals surface area contributed by atoms with Crippen LogP contribution in [0.2, 0.25) is 0 Å². The van der Waals surface area contributed by atoms with Crippen molar-refractivity contribution in [2.45, 2.75) is 39.2 Å². The first-order valence-corrected chi connectivity index (χ1v) is 6.19. The van der Waals surface area contributed by atoms with Gasteiger partial charge in [0.25, 0.3) is 0 Å². The van der Waals surface area contributed by atoms with Gasteiger partial charge in [0.05, 0.1) is 18.1 Å². The van der Waals surface area contributed by atoms with E-state index in [-0.39, 0.29) is 18.4 Å². The molecule has 0 saturated heterocycles. The van der Waals surface area contributed by atoms with Crippen molar-refractivity contribution in [3.8, 4) is 0 Å². The van der Waals surface area contributed by atoms with Crippen LogP contribution in [0.4, 0.5) is 18.9 Å². The lowest BCUT2D eigenvalue weighted by molar-refractivity contribution is -0.142. The van der Waals surface area contributed by atoms with E-state index in [1.807, 2.05) is 20.0 Å². The van der Waals surface area contributed by atoms with Gasteiger partial charge < -0.3 is 5.32 Å². The maximum Gasteiger partial charge on any atom is 0.408 e. The molecule has 5 nitrogen and oxygen atoms in total. The minimum Gasteiger partial charge on any atom is -0.378 e. The molecule has 0 aromatic carbocycles. The number of alkyl halides is 3. The molecule has 0 spiro atoms. The topological polar surface area (TPSA) is 47.7 Å². The summed E-state index contributed by atoms with van der Waals surface area (Å²) >= 11 is 0. The highest BCUT2D eigenvalue weighted by Crippen LogP contribution is 2.17. The first kappa shape index (κ1) is 17.4. The smallest absolute Gasteiger partial charge is 0.378 e. The van der Waals surface area contributed by atoms with E-state index in [9.17, 15) is 13.2 Å². The monoisotopic (exact) mass is 323 g/mol. The Labute approximate surface area is 126 Å². The Morgan fingerprint density at radius 1 is 1.19 bits per heavy atom. The number of rotatable bonds is 5. The SMILES string of the molecule is CC(C)n1cc(NCc2cnn(CC(F)(F)F)c2)cn1.Cl. The molecular weight excluding hydrogens is 307 g/mol. The second kappa shape index (κ2) is 6.84. The zero-order chi connectivity index (χ0) is 14.8. The van der Waals surface area contributed by atoms with Crippen LogP contribution >= 0.6 is 12.4 Å². The van der Waals surface area contributed by atoms with Gasteiger partial charge in [0.15, 0.2) is 0 Å². The summed E-state index contributed by atoms with van der Waals surface area (Å²) in [6.45, 7) is 3.36. The van der Waals surface area contributed by atoms with Gasteiger partial charge in [0.2, 0.25) is 0 Å². The van der Waals surface area contributed by atoms with Crippen molar-refractivity contribution in [1.29, 1.82) is 0 Å². The predicted molar refractivity (Wildman–Crippen MR) is 75.5 cm³/mol. The summed E-state index contributed by atoms with van der Waals surface area (Å²) in [5, 5.41) is 10.9. The fourth-order valence-corrected chi connectivity index (χ4v) is 1.68. The Hall–Kier alpha value is -1.70. The van der Waals surface area contributed by atoms with E-state index in [1.165, 1.54) is 12.4 Å². The molecule has 9 heteroatoms. The minimum absolute atomic E-state index is 0. The zero-order valence-electron chi connectivity index (χ0n) is 11.6. The van der Waals surface area contributed by atoms with Gasteiger partial charge in [-0.15, -0.1) is 12.4 Å². The van der Waals surface area contributed by atoms with Crippen molar-refractivity contribution in [3.05, 3.63) is 30.4 Å². The number of nitrogens with zero attached hydrogens (tertiary/aromatic N) is 4. The number of aromatic nitrogens is 4. The third-order valence-corrected chi connectivity index (χ3v) is 2.66. The summed E-state index contributed by atoms with van der Waals surface area (Å²) in [7, 11) is 0. The number of hydrogen-bond acceptors (Lipinski definition) is 3. The van der Waals surface area contributed by atoms with Crippen LogP contribution < -0.4 is 5.32 Å². The Morgan fingerprint density at radius 2 is 1.90 bits per heavy atom. The van der Waals surface area contributed by atoms with Crippen LogP contribution in [0.5, 0.6) is 0 Å². The second-order valence-electron chi connectivity index (χ2n) is 4.82. The van der Waals surface area contributed by atoms with Crippen LogP contribution in [-0.4, -0.2) is 25.7 Å². The lowest BCUT2D eigenvalue weighted by Gasteiger charge is -2.05. The van der Waals surface area contributed by atoms with Crippen LogP contribution in [0.15, 0.2) is 24.8 Å². The molecule has 0 fully saturated rings. The van der Waals surface area contributed by atoms with Crippen LogP contribution in [0.1, 0.15) is 25.5 Å². The molecule has 2 aromatic rings. The molecule has 0 atom stereocenters. The lowest BCUT2D eigenvalue weighted by Crippen LogP contribution is -2.17. The summed E-state index contributed by atoms with van der Waals surface area (Å²) in [6, 6.07) is 0.264. The van der Waals surface area contributed by atoms with E-state index in [2.05, 4.69) is 15.5 Å². The Morgan fingerprint density at radius 3 is 2.48 bits per heavy atom. The van der Waals surface area contributed by atoms with Gasteiger partial charge in [-0.2, -0.15) is 23.4 Å². The van der Waals surface area contributed by atoms with Crippen LogP contribution in [0.25, 0.3) is 0 Å². The van der Waals surface area contributed by atoms with Gasteiger partial charge in [0.1, 0.15) is 6.54 Å². The molecule has 118 valence electrons. The number of anilines is 1. The van der Waals surface area contributed by atoms with Gasteiger partial charge in [-0.3, -0.25) is 9.36 Å². The standard InChI is InChI=1S/C12H16F3N5.ClH/c1-9(2)20-7-11(5-18-20)16-3-10-4-17-19(6-10)8-12(13,14)15;/h4-7,9,16H,3,8H2,1-2H3;1H. The third-order valence-electron chi connectivity index (χ3n) is 2.66. The molecule has 2 aromatic heterocycles. The first-order valence-electron chi connectivity index (χ1n) is 6.19. The third kappa shape index (κ3) is 5.30. The molecular formula is C12H17ClF3N5. The Bertz CT molecular complexity index is 561. The summed E-state index contributed by atoms with van der Waals surface area (Å²) in [5.74, 6) is 0. The second-order valence-corrected chi connectivity index (χ2v) is 4.82. The number of halogens is 4. The molecule has 2 heterocycles. The molecule has 0 bridgehead atoms. The summed E-state index contributed by atoms with van der Waals surface area (Å²) in [4.78, 5) is 0. The van der Waals surface area contributed by atoms with Crippen LogP contribution in [0.3, 0.4) is 0 Å². The van der Waals surface area contributed by atoms with Gasteiger partial charge >= 0.3 is 6.18 Å². The van der Waals surface area contributed by atoms with Crippen molar-refractivity contribution in [2.75, 3.05) is 5.32 Å². The molecule has 0 aliphatic rings. The van der Waals surface area contributed by atoms with E-state index in [4.69, 9.17) is 0 Å². The van der Waals surface area contributed by atoms with Crippen LogP contribution in [-0.2, 0) is 13.1 Å². The summed E-state index contributed by atoms with van der Waals surface area (Å²) in [6.07, 6.45) is 2.08. The predicted octanol–water partition coefficient (Wildman–Crippen LogP) is 3.26. The summed E-state index contributed by atoms with van der Waals surface area (Å²) < 4.78 is 39.3. The van der Waals surface area contributed by atoms with Gasteiger partial charge in [-0.1, -0.05) is 0 Å². The summed E-state index contributed by atoms with van der Waals surface area (Å²) in [5.41, 5.74) is 1.51. The van der Waals surface area contributed by atoms with Crippen LogP contribution in [0, 0.1) is 0 Å². The van der Waals surface area contributed by atoms with Crippen molar-refractivity contribution in [3.63, 3.8) is 0 Å². The lowest BCUT2D eigenvalue weighted by atomic mass is 10.3. The highest BCUT2D eigenvalue weighted by molar-refractivity contribution is 5.85. The average molecular weight is 324 g/mol. The Balaban J connectivity index is 0.00000220. The number of nitrogens with one attached hydrogen (secondary N) is 1. The van der Waals surface area contributed by atoms with Crippen molar-refractivity contribution in [2.24, 2.45) is 0 Å². The molecule has 0 aliphatic carbocycles.